The van der Waals surface area contributed by atoms with Gasteiger partial charge in [-0.3, -0.25) is 4.90 Å². The highest BCUT2D eigenvalue weighted by Gasteiger charge is 2.57. The third kappa shape index (κ3) is 1.73. The van der Waals surface area contributed by atoms with Crippen LogP contribution in [0.3, 0.4) is 0 Å². The Hall–Kier alpha value is -0.120. The summed E-state index contributed by atoms with van der Waals surface area (Å²) in [6, 6.07) is 2.52. The van der Waals surface area contributed by atoms with Crippen LogP contribution in [-0.4, -0.2) is 43.2 Å². The summed E-state index contributed by atoms with van der Waals surface area (Å²) in [5.41, 5.74) is 5.46. The molecule has 0 aliphatic carbocycles. The van der Waals surface area contributed by atoms with E-state index in [2.05, 4.69) is 17.3 Å². The summed E-state index contributed by atoms with van der Waals surface area (Å²) < 4.78 is 0. The maximum Gasteiger partial charge on any atom is 0.0396 e. The molecule has 0 bridgehead atoms. The van der Waals surface area contributed by atoms with Crippen molar-refractivity contribution in [2.24, 2.45) is 5.73 Å². The monoisotopic (exact) mass is 183 g/mol. The largest absolute Gasteiger partial charge is 0.330 e. The number of nitrogens with two attached hydrogens (primary N) is 1. The Morgan fingerprint density at radius 3 is 2.92 bits per heavy atom. The number of hydrogen-bond donors (Lipinski definition) is 2. The standard InChI is InChI=1S/C10H21N3/c1-12-10-8(13-7-9(10)13)5-3-2-4-6-11/h8-10,12H,2-7,11H2,1H3. The molecule has 2 aliphatic heterocycles. The molecular formula is C10H21N3. The fraction of sp³-hybridized carbons (Fsp3) is 1.00. The summed E-state index contributed by atoms with van der Waals surface area (Å²) in [5, 5.41) is 3.42. The Labute approximate surface area is 80.7 Å². The van der Waals surface area contributed by atoms with Gasteiger partial charge in [0.15, 0.2) is 0 Å². The van der Waals surface area contributed by atoms with E-state index in [9.17, 15) is 0 Å². The van der Waals surface area contributed by atoms with Gasteiger partial charge in [0.2, 0.25) is 0 Å². The van der Waals surface area contributed by atoms with Crippen molar-refractivity contribution in [3.05, 3.63) is 0 Å². The molecule has 2 rings (SSSR count). The molecule has 2 saturated heterocycles. The number of nitrogens with zero attached hydrogens (tertiary/aromatic N) is 1. The number of nitrogens with one attached hydrogen (secondary N) is 1. The van der Waals surface area contributed by atoms with Gasteiger partial charge in [-0.1, -0.05) is 12.8 Å². The van der Waals surface area contributed by atoms with Crippen LogP contribution in [0.2, 0.25) is 0 Å². The average Bonchev–Trinajstić information content (AvgIpc) is 2.81. The van der Waals surface area contributed by atoms with E-state index in [1.807, 2.05) is 0 Å². The lowest BCUT2D eigenvalue weighted by Crippen LogP contribution is -2.56. The van der Waals surface area contributed by atoms with Gasteiger partial charge in [-0.25, -0.2) is 0 Å². The van der Waals surface area contributed by atoms with E-state index < -0.39 is 0 Å². The molecule has 0 aromatic carbocycles. The number of fused-ring (bicyclic) bond motifs is 1. The molecule has 0 radical (unpaired) electrons. The third-order valence-electron chi connectivity index (χ3n) is 3.48. The molecule has 2 heterocycles. The van der Waals surface area contributed by atoms with Crippen molar-refractivity contribution >= 4 is 0 Å². The Bertz CT molecular complexity index is 172. The summed E-state index contributed by atoms with van der Waals surface area (Å²) in [4.78, 5) is 2.60. The molecule has 0 amide bonds. The molecule has 13 heavy (non-hydrogen) atoms. The van der Waals surface area contributed by atoms with Crippen molar-refractivity contribution in [1.29, 1.82) is 0 Å². The summed E-state index contributed by atoms with van der Waals surface area (Å²) in [5.74, 6) is 0. The average molecular weight is 183 g/mol. The molecule has 0 saturated carbocycles. The van der Waals surface area contributed by atoms with Crippen LogP contribution < -0.4 is 11.1 Å². The molecule has 0 spiro atoms. The zero-order chi connectivity index (χ0) is 9.26. The lowest BCUT2D eigenvalue weighted by molar-refractivity contribution is 0.167. The van der Waals surface area contributed by atoms with E-state index in [1.165, 1.54) is 32.2 Å². The first kappa shape index (κ1) is 9.44. The topological polar surface area (TPSA) is 41.1 Å². The van der Waals surface area contributed by atoms with Gasteiger partial charge in [-0.15, -0.1) is 0 Å². The van der Waals surface area contributed by atoms with Gasteiger partial charge in [0.1, 0.15) is 0 Å². The SMILES string of the molecule is CNC1C(CCCCCN)N2CC12. The summed E-state index contributed by atoms with van der Waals surface area (Å²) in [6.07, 6.45) is 5.22. The number of unbranched alkanes of at least 4 members (excludes halogenated alkanes) is 2. The third-order valence-corrected chi connectivity index (χ3v) is 3.48. The van der Waals surface area contributed by atoms with E-state index in [0.29, 0.717) is 0 Å². The zero-order valence-corrected chi connectivity index (χ0v) is 8.50. The maximum atomic E-state index is 5.46. The fourth-order valence-corrected chi connectivity index (χ4v) is 2.64. The zero-order valence-electron chi connectivity index (χ0n) is 8.50. The molecular weight excluding hydrogens is 162 g/mol. The maximum absolute atomic E-state index is 5.46. The lowest BCUT2D eigenvalue weighted by Gasteiger charge is -2.37. The molecule has 4 atom stereocenters. The van der Waals surface area contributed by atoms with Crippen LogP contribution in [0.15, 0.2) is 0 Å². The Morgan fingerprint density at radius 2 is 2.23 bits per heavy atom. The summed E-state index contributed by atoms with van der Waals surface area (Å²) in [7, 11) is 2.09. The first-order valence-electron chi connectivity index (χ1n) is 5.51. The highest BCUT2D eigenvalue weighted by atomic mass is 15.4. The quantitative estimate of drug-likeness (QED) is 0.455. The van der Waals surface area contributed by atoms with Crippen molar-refractivity contribution in [2.75, 3.05) is 20.1 Å². The van der Waals surface area contributed by atoms with Crippen LogP contribution in [-0.2, 0) is 0 Å². The molecule has 3 N–H and O–H groups in total. The first-order valence-corrected chi connectivity index (χ1v) is 5.51. The van der Waals surface area contributed by atoms with E-state index in [1.54, 1.807) is 0 Å². The second kappa shape index (κ2) is 3.95. The minimum atomic E-state index is 0.790. The summed E-state index contributed by atoms with van der Waals surface area (Å²) >= 11 is 0. The second-order valence-electron chi connectivity index (χ2n) is 4.28. The number of hydrogen-bond acceptors (Lipinski definition) is 3. The van der Waals surface area contributed by atoms with Crippen molar-refractivity contribution < 1.29 is 0 Å². The van der Waals surface area contributed by atoms with Gasteiger partial charge in [0.25, 0.3) is 0 Å². The Balaban J connectivity index is 1.60. The van der Waals surface area contributed by atoms with Crippen LogP contribution in [0.4, 0.5) is 0 Å². The van der Waals surface area contributed by atoms with Crippen molar-refractivity contribution in [3.63, 3.8) is 0 Å². The van der Waals surface area contributed by atoms with Crippen LogP contribution in [0.5, 0.6) is 0 Å². The smallest absolute Gasteiger partial charge is 0.0396 e. The predicted molar refractivity (Wildman–Crippen MR) is 54.7 cm³/mol. The predicted octanol–water partition coefficient (Wildman–Crippen LogP) is 0.160. The van der Waals surface area contributed by atoms with Crippen LogP contribution in [0.25, 0.3) is 0 Å². The van der Waals surface area contributed by atoms with E-state index in [-0.39, 0.29) is 0 Å². The summed E-state index contributed by atoms with van der Waals surface area (Å²) in [6.45, 7) is 2.19. The molecule has 76 valence electrons. The van der Waals surface area contributed by atoms with E-state index in [0.717, 1.165) is 24.7 Å². The van der Waals surface area contributed by atoms with Crippen LogP contribution in [0, 0.1) is 0 Å². The van der Waals surface area contributed by atoms with Crippen LogP contribution in [0.1, 0.15) is 25.7 Å². The Morgan fingerprint density at radius 1 is 1.38 bits per heavy atom. The molecule has 0 aromatic heterocycles. The van der Waals surface area contributed by atoms with Crippen LogP contribution >= 0.6 is 0 Å². The molecule has 2 aliphatic rings. The first-order chi connectivity index (χ1) is 6.38. The molecule has 3 nitrogen and oxygen atoms in total. The van der Waals surface area contributed by atoms with Crippen molar-refractivity contribution in [1.82, 2.24) is 10.2 Å². The van der Waals surface area contributed by atoms with Gasteiger partial charge in [-0.2, -0.15) is 0 Å². The minimum Gasteiger partial charge on any atom is -0.330 e. The lowest BCUT2D eigenvalue weighted by atomic mass is 9.93. The fourth-order valence-electron chi connectivity index (χ4n) is 2.64. The van der Waals surface area contributed by atoms with Crippen molar-refractivity contribution in [2.45, 2.75) is 43.8 Å². The highest BCUT2D eigenvalue weighted by molar-refractivity contribution is 5.16. The highest BCUT2D eigenvalue weighted by Crippen LogP contribution is 2.41. The van der Waals surface area contributed by atoms with E-state index in [4.69, 9.17) is 5.73 Å². The Kier molecular flexibility index (Phi) is 2.86. The van der Waals surface area contributed by atoms with Crippen molar-refractivity contribution in [3.8, 4) is 0 Å². The molecule has 2 fully saturated rings. The second-order valence-corrected chi connectivity index (χ2v) is 4.28. The van der Waals surface area contributed by atoms with Gasteiger partial charge in [0, 0.05) is 24.7 Å². The van der Waals surface area contributed by atoms with Gasteiger partial charge in [0.05, 0.1) is 0 Å². The number of likely N-dealkylation sites (N-methyl/N-ethyl adjacent to an activating group) is 1. The molecule has 3 heteroatoms. The number of rotatable bonds is 6. The van der Waals surface area contributed by atoms with Gasteiger partial charge < -0.3 is 11.1 Å². The normalized spacial score (nSPS) is 41.1. The molecule has 4 unspecified atom stereocenters. The van der Waals surface area contributed by atoms with E-state index >= 15 is 0 Å². The van der Waals surface area contributed by atoms with Gasteiger partial charge in [-0.05, 0) is 26.4 Å². The molecule has 0 aromatic rings. The minimum absolute atomic E-state index is 0.790. The van der Waals surface area contributed by atoms with Gasteiger partial charge >= 0.3 is 0 Å².